The summed E-state index contributed by atoms with van der Waals surface area (Å²) in [6.45, 7) is 6.53. The van der Waals surface area contributed by atoms with E-state index in [0.717, 1.165) is 88.4 Å². The maximum Gasteiger partial charge on any atom is 0.211 e. The topological polar surface area (TPSA) is 52.7 Å². The molecule has 1 heterocycles. The molecule has 2 aliphatic rings. The predicted octanol–water partition coefficient (Wildman–Crippen LogP) is 5.92. The van der Waals surface area contributed by atoms with Crippen molar-refractivity contribution in [2.24, 2.45) is 0 Å². The minimum atomic E-state index is -3.05. The number of unbranched alkanes of at least 4 members (excludes halogenated alkanes) is 3. The van der Waals surface area contributed by atoms with E-state index in [2.05, 4.69) is 44.9 Å². The zero-order valence-electron chi connectivity index (χ0n) is 20.2. The van der Waals surface area contributed by atoms with E-state index in [1.165, 1.54) is 11.1 Å². The average molecular weight is 652 g/mol. The standard InChI is InChI=1S/C26H36ClN3O2S.2BrH/c27-25-7-5-6-24(20-25)23-10-8-22(9-11-23)21-30-17-15-29(16-18-30)14-3-1-2-4-19-33(31,32)28-26-12-13-26;;/h5-11,20,26,28H,1-4,12-19,21H2;2*1H. The molecular formula is C26H38Br2ClN3O2S. The Balaban J connectivity index is 0.00000216. The van der Waals surface area contributed by atoms with E-state index in [-0.39, 0.29) is 45.8 Å². The molecule has 0 atom stereocenters. The molecule has 1 saturated carbocycles. The highest BCUT2D eigenvalue weighted by atomic mass is 79.9. The molecule has 1 saturated heterocycles. The molecule has 1 aliphatic heterocycles. The van der Waals surface area contributed by atoms with Gasteiger partial charge in [-0.15, -0.1) is 34.0 Å². The number of halogens is 3. The van der Waals surface area contributed by atoms with Crippen molar-refractivity contribution in [3.05, 3.63) is 59.1 Å². The lowest BCUT2D eigenvalue weighted by atomic mass is 10.0. The largest absolute Gasteiger partial charge is 0.301 e. The number of benzene rings is 2. The second-order valence-electron chi connectivity index (χ2n) is 9.45. The van der Waals surface area contributed by atoms with Gasteiger partial charge in [-0.2, -0.15) is 0 Å². The smallest absolute Gasteiger partial charge is 0.211 e. The van der Waals surface area contributed by atoms with Crippen molar-refractivity contribution in [1.29, 1.82) is 0 Å². The molecule has 5 nitrogen and oxygen atoms in total. The Morgan fingerprint density at radius 2 is 1.49 bits per heavy atom. The molecular weight excluding hydrogens is 614 g/mol. The van der Waals surface area contributed by atoms with Crippen molar-refractivity contribution in [2.45, 2.75) is 51.1 Å². The van der Waals surface area contributed by atoms with Crippen molar-refractivity contribution in [3.63, 3.8) is 0 Å². The zero-order valence-corrected chi connectivity index (χ0v) is 25.2. The summed E-state index contributed by atoms with van der Waals surface area (Å²) in [7, 11) is -3.05. The fraction of sp³-hybridized carbons (Fsp3) is 0.538. The summed E-state index contributed by atoms with van der Waals surface area (Å²) in [4.78, 5) is 5.08. The summed E-state index contributed by atoms with van der Waals surface area (Å²) in [6.07, 6.45) is 6.04. The molecule has 9 heteroatoms. The monoisotopic (exact) mass is 649 g/mol. The number of rotatable bonds is 12. The van der Waals surface area contributed by atoms with Crippen molar-refractivity contribution in [2.75, 3.05) is 38.5 Å². The van der Waals surface area contributed by atoms with Gasteiger partial charge in [0.05, 0.1) is 5.75 Å². The zero-order chi connectivity index (χ0) is 23.1. The minimum Gasteiger partial charge on any atom is -0.301 e. The summed E-state index contributed by atoms with van der Waals surface area (Å²) in [5, 5.41) is 0.767. The first-order chi connectivity index (χ1) is 16.0. The minimum absolute atomic E-state index is 0. The molecule has 0 amide bonds. The first-order valence-corrected chi connectivity index (χ1v) is 14.3. The molecule has 0 spiro atoms. The number of piperazine rings is 1. The molecule has 196 valence electrons. The lowest BCUT2D eigenvalue weighted by molar-refractivity contribution is 0.125. The van der Waals surface area contributed by atoms with E-state index in [0.29, 0.717) is 0 Å². The van der Waals surface area contributed by atoms with Crippen LogP contribution in [0.1, 0.15) is 44.1 Å². The van der Waals surface area contributed by atoms with Crippen molar-refractivity contribution < 1.29 is 8.42 Å². The van der Waals surface area contributed by atoms with Gasteiger partial charge in [-0.25, -0.2) is 13.1 Å². The van der Waals surface area contributed by atoms with Crippen LogP contribution in [0.4, 0.5) is 0 Å². The second kappa shape index (κ2) is 15.1. The molecule has 0 aromatic heterocycles. The maximum atomic E-state index is 11.9. The van der Waals surface area contributed by atoms with Crippen LogP contribution < -0.4 is 4.72 Å². The summed E-state index contributed by atoms with van der Waals surface area (Å²) in [5.74, 6) is 0.280. The number of nitrogens with zero attached hydrogens (tertiary/aromatic N) is 2. The van der Waals surface area contributed by atoms with Crippen molar-refractivity contribution >= 4 is 55.6 Å². The lowest BCUT2D eigenvalue weighted by Crippen LogP contribution is -2.46. The Bertz CT molecular complexity index is 996. The summed E-state index contributed by atoms with van der Waals surface area (Å²) >= 11 is 6.12. The molecule has 4 rings (SSSR count). The third-order valence-electron chi connectivity index (χ3n) is 6.54. The highest BCUT2D eigenvalue weighted by molar-refractivity contribution is 8.93. The quantitative estimate of drug-likeness (QED) is 0.290. The molecule has 0 bridgehead atoms. The molecule has 35 heavy (non-hydrogen) atoms. The van der Waals surface area contributed by atoms with Crippen LogP contribution in [0.2, 0.25) is 5.02 Å². The van der Waals surface area contributed by atoms with Gasteiger partial charge in [0.25, 0.3) is 0 Å². The normalized spacial score (nSPS) is 16.9. The van der Waals surface area contributed by atoms with E-state index >= 15 is 0 Å². The first kappa shape index (κ1) is 30.7. The summed E-state index contributed by atoms with van der Waals surface area (Å²) in [5.41, 5.74) is 3.70. The van der Waals surface area contributed by atoms with Gasteiger partial charge >= 0.3 is 0 Å². The van der Waals surface area contributed by atoms with Crippen molar-refractivity contribution in [3.8, 4) is 11.1 Å². The van der Waals surface area contributed by atoms with Crippen LogP contribution in [-0.4, -0.2) is 62.7 Å². The molecule has 2 fully saturated rings. The van der Waals surface area contributed by atoms with E-state index in [1.54, 1.807) is 0 Å². The van der Waals surface area contributed by atoms with Gasteiger partial charge in [0.2, 0.25) is 10.0 Å². The number of nitrogens with one attached hydrogen (secondary N) is 1. The van der Waals surface area contributed by atoms with E-state index in [9.17, 15) is 8.42 Å². The van der Waals surface area contributed by atoms with Crippen molar-refractivity contribution in [1.82, 2.24) is 14.5 Å². The van der Waals surface area contributed by atoms with Gasteiger partial charge < -0.3 is 4.90 Å². The third kappa shape index (κ3) is 10.8. The Morgan fingerprint density at radius 3 is 2.14 bits per heavy atom. The van der Waals surface area contributed by atoms with Gasteiger partial charge in [0.15, 0.2) is 0 Å². The lowest BCUT2D eigenvalue weighted by Gasteiger charge is -2.34. The van der Waals surface area contributed by atoms with Crippen LogP contribution in [0.5, 0.6) is 0 Å². The van der Waals surface area contributed by atoms with Gasteiger partial charge in [-0.1, -0.05) is 60.8 Å². The van der Waals surface area contributed by atoms with Crippen LogP contribution in [0.25, 0.3) is 11.1 Å². The van der Waals surface area contributed by atoms with Gasteiger partial charge in [-0.05, 0) is 61.1 Å². The summed E-state index contributed by atoms with van der Waals surface area (Å²) in [6, 6.07) is 17.0. The molecule has 1 N–H and O–H groups in total. The van der Waals surface area contributed by atoms with E-state index in [1.807, 2.05) is 18.2 Å². The van der Waals surface area contributed by atoms with Crippen LogP contribution in [0.3, 0.4) is 0 Å². The Kier molecular flexibility index (Phi) is 13.2. The fourth-order valence-corrected chi connectivity index (χ4v) is 6.03. The second-order valence-corrected chi connectivity index (χ2v) is 11.8. The SMILES string of the molecule is Br.Br.O=S(=O)(CCCCCCN1CCN(Cc2ccc(-c3cccc(Cl)c3)cc2)CC1)NC1CC1. The molecule has 1 aliphatic carbocycles. The van der Waals surface area contributed by atoms with Crippen LogP contribution in [0.15, 0.2) is 48.5 Å². The highest BCUT2D eigenvalue weighted by Crippen LogP contribution is 2.23. The number of hydrogen-bond acceptors (Lipinski definition) is 4. The Hall–Kier alpha value is -0.480. The average Bonchev–Trinajstić information content (AvgIpc) is 3.61. The fourth-order valence-electron chi connectivity index (χ4n) is 4.39. The van der Waals surface area contributed by atoms with E-state index in [4.69, 9.17) is 11.6 Å². The Labute approximate surface area is 237 Å². The highest BCUT2D eigenvalue weighted by Gasteiger charge is 2.26. The molecule has 0 radical (unpaired) electrons. The number of sulfonamides is 1. The maximum absolute atomic E-state index is 11.9. The predicted molar refractivity (Wildman–Crippen MR) is 158 cm³/mol. The first-order valence-electron chi connectivity index (χ1n) is 12.3. The van der Waals surface area contributed by atoms with Crippen LogP contribution >= 0.6 is 45.6 Å². The molecule has 0 unspecified atom stereocenters. The van der Waals surface area contributed by atoms with Crippen LogP contribution in [0, 0.1) is 0 Å². The van der Waals surface area contributed by atoms with Crippen LogP contribution in [-0.2, 0) is 16.6 Å². The van der Waals surface area contributed by atoms with Gasteiger partial charge in [0, 0.05) is 43.8 Å². The molecule has 2 aromatic rings. The van der Waals surface area contributed by atoms with Gasteiger partial charge in [-0.3, -0.25) is 4.90 Å². The number of hydrogen-bond donors (Lipinski definition) is 1. The Morgan fingerprint density at radius 1 is 0.829 bits per heavy atom. The van der Waals surface area contributed by atoms with E-state index < -0.39 is 10.0 Å². The molecule has 2 aromatic carbocycles. The third-order valence-corrected chi connectivity index (χ3v) is 8.30. The van der Waals surface area contributed by atoms with Gasteiger partial charge in [0.1, 0.15) is 0 Å². The summed E-state index contributed by atoms with van der Waals surface area (Å²) < 4.78 is 26.5.